The smallest absolute Gasteiger partial charge is 0.110 e. The zero-order valence-corrected chi connectivity index (χ0v) is 14.8. The summed E-state index contributed by atoms with van der Waals surface area (Å²) in [6.45, 7) is 0. The largest absolute Gasteiger partial charge is 0.352 e. The quantitative estimate of drug-likeness (QED) is 0.537. The predicted octanol–water partition coefficient (Wildman–Crippen LogP) is 6.00. The van der Waals surface area contributed by atoms with Gasteiger partial charge in [0, 0.05) is 11.8 Å². The number of pyridine rings is 1. The third-order valence-corrected chi connectivity index (χ3v) is 5.90. The lowest BCUT2D eigenvalue weighted by Gasteiger charge is -2.26. The van der Waals surface area contributed by atoms with E-state index in [1.54, 1.807) is 11.1 Å². The van der Waals surface area contributed by atoms with E-state index < -0.39 is 0 Å². The third kappa shape index (κ3) is 2.40. The molecule has 122 valence electrons. The molecule has 2 aliphatic rings. The minimum absolute atomic E-state index is 0.837. The lowest BCUT2D eigenvalue weighted by molar-refractivity contribution is 0.892. The fraction of sp³-hybridized carbons (Fsp3) is 0.174. The van der Waals surface area contributed by atoms with Crippen LogP contribution in [0.3, 0.4) is 0 Å². The number of aryl methyl sites for hydroxylation is 1. The van der Waals surface area contributed by atoms with Crippen molar-refractivity contribution in [3.05, 3.63) is 87.2 Å². The van der Waals surface area contributed by atoms with Crippen molar-refractivity contribution in [1.29, 1.82) is 0 Å². The predicted molar refractivity (Wildman–Crippen MR) is 107 cm³/mol. The summed E-state index contributed by atoms with van der Waals surface area (Å²) < 4.78 is 0.837. The Hall–Kier alpha value is -2.45. The molecule has 5 rings (SSSR count). The van der Waals surface area contributed by atoms with Gasteiger partial charge >= 0.3 is 0 Å². The number of allylic oxidation sites excluding steroid dienone is 1. The van der Waals surface area contributed by atoms with Gasteiger partial charge in [0.1, 0.15) is 4.64 Å². The summed E-state index contributed by atoms with van der Waals surface area (Å²) in [5.41, 5.74) is 11.3. The Morgan fingerprint density at radius 1 is 0.720 bits per heavy atom. The summed E-state index contributed by atoms with van der Waals surface area (Å²) in [5.74, 6) is 0. The Labute approximate surface area is 153 Å². The number of H-pyrrole nitrogens is 1. The van der Waals surface area contributed by atoms with E-state index in [0.29, 0.717) is 0 Å². The maximum absolute atomic E-state index is 5.48. The van der Waals surface area contributed by atoms with Gasteiger partial charge in [-0.15, -0.1) is 0 Å². The van der Waals surface area contributed by atoms with Gasteiger partial charge in [-0.25, -0.2) is 0 Å². The van der Waals surface area contributed by atoms with E-state index in [2.05, 4.69) is 53.5 Å². The number of aromatic nitrogens is 1. The highest BCUT2D eigenvalue weighted by atomic mass is 32.1. The first-order chi connectivity index (χ1) is 12.3. The van der Waals surface area contributed by atoms with Crippen LogP contribution in [0.5, 0.6) is 0 Å². The number of nitrogens with one attached hydrogen (secondary N) is 1. The molecule has 2 heteroatoms. The van der Waals surface area contributed by atoms with Gasteiger partial charge in [0.05, 0.1) is 0 Å². The van der Waals surface area contributed by atoms with Crippen molar-refractivity contribution in [2.75, 3.05) is 0 Å². The second kappa shape index (κ2) is 5.82. The van der Waals surface area contributed by atoms with Gasteiger partial charge in [0.25, 0.3) is 0 Å². The molecule has 0 amide bonds. The highest BCUT2D eigenvalue weighted by Gasteiger charge is 2.22. The van der Waals surface area contributed by atoms with Gasteiger partial charge in [0.15, 0.2) is 0 Å². The molecule has 0 spiro atoms. The summed E-state index contributed by atoms with van der Waals surface area (Å²) in [5, 5.41) is 0. The first kappa shape index (κ1) is 14.9. The minimum Gasteiger partial charge on any atom is -0.352 e. The van der Waals surface area contributed by atoms with E-state index in [9.17, 15) is 0 Å². The molecule has 2 aliphatic carbocycles. The van der Waals surface area contributed by atoms with Crippen molar-refractivity contribution < 1.29 is 0 Å². The number of benzene rings is 2. The van der Waals surface area contributed by atoms with Crippen LogP contribution in [-0.2, 0) is 19.3 Å². The monoisotopic (exact) mass is 341 g/mol. The van der Waals surface area contributed by atoms with Crippen molar-refractivity contribution in [1.82, 2.24) is 4.98 Å². The first-order valence-corrected chi connectivity index (χ1v) is 9.34. The van der Waals surface area contributed by atoms with Crippen LogP contribution in [0.4, 0.5) is 0 Å². The zero-order valence-electron chi connectivity index (χ0n) is 14.0. The topological polar surface area (TPSA) is 15.8 Å². The normalized spacial score (nSPS) is 15.0. The van der Waals surface area contributed by atoms with E-state index >= 15 is 0 Å². The van der Waals surface area contributed by atoms with Crippen molar-refractivity contribution in [2.24, 2.45) is 0 Å². The second-order valence-electron chi connectivity index (χ2n) is 6.90. The Bertz CT molecular complexity index is 1070. The third-order valence-electron chi connectivity index (χ3n) is 5.56. The van der Waals surface area contributed by atoms with Gasteiger partial charge in [-0.2, -0.15) is 0 Å². The fourth-order valence-corrected chi connectivity index (χ4v) is 4.61. The summed E-state index contributed by atoms with van der Waals surface area (Å²) in [7, 11) is 0. The summed E-state index contributed by atoms with van der Waals surface area (Å²) in [6, 6.07) is 17.6. The van der Waals surface area contributed by atoms with E-state index in [1.165, 1.54) is 33.4 Å². The van der Waals surface area contributed by atoms with Gasteiger partial charge in [-0.3, -0.25) is 0 Å². The molecule has 0 radical (unpaired) electrons. The molecular formula is C23H19NS. The van der Waals surface area contributed by atoms with Crippen LogP contribution in [0.2, 0.25) is 0 Å². The molecule has 0 saturated heterocycles. The first-order valence-electron chi connectivity index (χ1n) is 8.93. The van der Waals surface area contributed by atoms with Gasteiger partial charge < -0.3 is 4.98 Å². The average molecular weight is 341 g/mol. The zero-order chi connectivity index (χ0) is 16.8. The SMILES string of the molecule is S=c1[nH]cccc1C1=Cc2ccc3c(c2CC1)CCc1ccccc1-3. The molecule has 0 unspecified atom stereocenters. The van der Waals surface area contributed by atoms with E-state index in [4.69, 9.17) is 12.2 Å². The summed E-state index contributed by atoms with van der Waals surface area (Å²) >= 11 is 5.48. The molecule has 25 heavy (non-hydrogen) atoms. The molecule has 1 aromatic heterocycles. The van der Waals surface area contributed by atoms with Crippen molar-refractivity contribution in [3.8, 4) is 11.1 Å². The van der Waals surface area contributed by atoms with Crippen LogP contribution < -0.4 is 0 Å². The number of hydrogen-bond donors (Lipinski definition) is 1. The van der Waals surface area contributed by atoms with Crippen LogP contribution >= 0.6 is 12.2 Å². The molecular weight excluding hydrogens is 322 g/mol. The summed E-state index contributed by atoms with van der Waals surface area (Å²) in [6.07, 6.45) is 8.72. The lowest BCUT2D eigenvalue weighted by atomic mass is 9.78. The van der Waals surface area contributed by atoms with Crippen LogP contribution in [0.15, 0.2) is 54.7 Å². The highest BCUT2D eigenvalue weighted by Crippen LogP contribution is 2.40. The summed E-state index contributed by atoms with van der Waals surface area (Å²) in [4.78, 5) is 3.16. The highest BCUT2D eigenvalue weighted by molar-refractivity contribution is 7.71. The molecule has 0 fully saturated rings. The standard InChI is InChI=1S/C23H19NS/c25-23-20(6-3-13-24-23)17-8-10-19-16(14-17)9-12-21-18-5-2-1-4-15(18)7-11-22(19)21/h1-6,9,12-14H,7-8,10-11H2,(H,24,25). The Kier molecular flexibility index (Phi) is 3.46. The number of fused-ring (bicyclic) bond motifs is 5. The average Bonchev–Trinajstić information content (AvgIpc) is 2.67. The molecule has 3 aromatic rings. The maximum atomic E-state index is 5.48. The Balaban J connectivity index is 1.65. The van der Waals surface area contributed by atoms with Crippen LogP contribution in [-0.4, -0.2) is 4.98 Å². The molecule has 1 nitrogen and oxygen atoms in total. The number of aromatic amines is 1. The molecule has 0 aliphatic heterocycles. The van der Waals surface area contributed by atoms with Crippen LogP contribution in [0.1, 0.15) is 34.2 Å². The Morgan fingerprint density at radius 3 is 2.48 bits per heavy atom. The fourth-order valence-electron chi connectivity index (χ4n) is 4.35. The molecule has 2 aromatic carbocycles. The molecule has 1 N–H and O–H groups in total. The van der Waals surface area contributed by atoms with E-state index in [-0.39, 0.29) is 0 Å². The Morgan fingerprint density at radius 2 is 1.56 bits per heavy atom. The van der Waals surface area contributed by atoms with E-state index in [0.717, 1.165) is 30.3 Å². The van der Waals surface area contributed by atoms with Gasteiger partial charge in [-0.05, 0) is 70.7 Å². The molecule has 0 saturated carbocycles. The maximum Gasteiger partial charge on any atom is 0.110 e. The number of rotatable bonds is 1. The number of hydrogen-bond acceptors (Lipinski definition) is 1. The van der Waals surface area contributed by atoms with Gasteiger partial charge in [0.2, 0.25) is 0 Å². The van der Waals surface area contributed by atoms with Crippen molar-refractivity contribution in [2.45, 2.75) is 25.7 Å². The lowest BCUT2D eigenvalue weighted by Crippen LogP contribution is -2.10. The minimum atomic E-state index is 0.837. The van der Waals surface area contributed by atoms with E-state index in [1.807, 2.05) is 12.3 Å². The van der Waals surface area contributed by atoms with Crippen molar-refractivity contribution in [3.63, 3.8) is 0 Å². The van der Waals surface area contributed by atoms with Crippen LogP contribution in [0, 0.1) is 4.64 Å². The second-order valence-corrected chi connectivity index (χ2v) is 7.31. The van der Waals surface area contributed by atoms with Crippen molar-refractivity contribution >= 4 is 23.9 Å². The van der Waals surface area contributed by atoms with Crippen LogP contribution in [0.25, 0.3) is 22.8 Å². The molecule has 0 bridgehead atoms. The van der Waals surface area contributed by atoms with Gasteiger partial charge in [-0.1, -0.05) is 60.8 Å². The molecule has 0 atom stereocenters. The molecule has 1 heterocycles.